The maximum absolute atomic E-state index is 10.4. The van der Waals surface area contributed by atoms with Crippen LogP contribution < -0.4 is 0 Å². The fourth-order valence-corrected chi connectivity index (χ4v) is 0.254. The molecule has 0 aliphatic heterocycles. The molecule has 0 N–H and O–H groups in total. The molecule has 0 atom stereocenters. The summed E-state index contributed by atoms with van der Waals surface area (Å²) in [4.78, 5) is 10.4. The SMILES string of the molecule is C=C(C)C(=O)OCC.C=C(C)CC.CC. The molecular formula is C13H26O2. The Morgan fingerprint density at radius 1 is 1.13 bits per heavy atom. The van der Waals surface area contributed by atoms with Gasteiger partial charge in [-0.05, 0) is 27.2 Å². The van der Waals surface area contributed by atoms with Crippen LogP contribution in [0.1, 0.15) is 48.0 Å². The van der Waals surface area contributed by atoms with E-state index in [1.54, 1.807) is 13.8 Å². The highest BCUT2D eigenvalue weighted by Crippen LogP contribution is 1.89. The van der Waals surface area contributed by atoms with E-state index in [1.807, 2.05) is 20.8 Å². The zero-order valence-electron chi connectivity index (χ0n) is 11.1. The highest BCUT2D eigenvalue weighted by atomic mass is 16.5. The van der Waals surface area contributed by atoms with Crippen molar-refractivity contribution in [2.24, 2.45) is 0 Å². The Labute approximate surface area is 95.0 Å². The molecule has 0 rings (SSSR count). The van der Waals surface area contributed by atoms with Crippen LogP contribution in [0.25, 0.3) is 0 Å². The monoisotopic (exact) mass is 214 g/mol. The summed E-state index contributed by atoms with van der Waals surface area (Å²) in [5, 5.41) is 0. The van der Waals surface area contributed by atoms with Crippen LogP contribution in [0.4, 0.5) is 0 Å². The minimum absolute atomic E-state index is 0.312. The molecule has 0 saturated carbocycles. The molecule has 15 heavy (non-hydrogen) atoms. The van der Waals surface area contributed by atoms with Crippen LogP contribution in [-0.4, -0.2) is 12.6 Å². The third-order valence-corrected chi connectivity index (χ3v) is 1.23. The molecule has 2 nitrogen and oxygen atoms in total. The Morgan fingerprint density at radius 2 is 1.47 bits per heavy atom. The van der Waals surface area contributed by atoms with Gasteiger partial charge in [-0.25, -0.2) is 4.79 Å². The van der Waals surface area contributed by atoms with Crippen LogP contribution in [-0.2, 0) is 9.53 Å². The quantitative estimate of drug-likeness (QED) is 0.401. The van der Waals surface area contributed by atoms with E-state index in [-0.39, 0.29) is 5.97 Å². The van der Waals surface area contributed by atoms with E-state index in [2.05, 4.69) is 24.8 Å². The Hall–Kier alpha value is -1.05. The van der Waals surface area contributed by atoms with Crippen molar-refractivity contribution < 1.29 is 9.53 Å². The van der Waals surface area contributed by atoms with Crippen molar-refractivity contribution in [1.29, 1.82) is 0 Å². The van der Waals surface area contributed by atoms with E-state index < -0.39 is 0 Å². The molecule has 0 radical (unpaired) electrons. The standard InChI is InChI=1S/C6H10O2.C5H10.C2H6/c1-4-8-6(7)5(2)3;1-4-5(2)3;1-2/h2,4H2,1,3H3;2,4H2,1,3H3;1-2H3. The van der Waals surface area contributed by atoms with Gasteiger partial charge in [0.1, 0.15) is 0 Å². The second kappa shape index (κ2) is 15.4. The van der Waals surface area contributed by atoms with Crippen molar-refractivity contribution >= 4 is 5.97 Å². The summed E-state index contributed by atoms with van der Waals surface area (Å²) in [5.41, 5.74) is 1.71. The molecule has 0 aromatic rings. The average molecular weight is 214 g/mol. The summed E-state index contributed by atoms with van der Waals surface area (Å²) in [6, 6.07) is 0. The first kappa shape index (κ1) is 19.5. The predicted molar refractivity (Wildman–Crippen MR) is 67.9 cm³/mol. The van der Waals surface area contributed by atoms with Crippen LogP contribution in [0.15, 0.2) is 24.3 Å². The molecule has 0 fully saturated rings. The van der Waals surface area contributed by atoms with Crippen molar-refractivity contribution in [2.45, 2.75) is 48.0 Å². The minimum Gasteiger partial charge on any atom is -0.463 e. The molecule has 0 unspecified atom stereocenters. The molecule has 0 aliphatic carbocycles. The average Bonchev–Trinajstić information content (AvgIpc) is 2.22. The molecule has 90 valence electrons. The topological polar surface area (TPSA) is 26.3 Å². The van der Waals surface area contributed by atoms with Gasteiger partial charge in [-0.1, -0.05) is 32.9 Å². The Morgan fingerprint density at radius 3 is 1.53 bits per heavy atom. The van der Waals surface area contributed by atoms with Crippen LogP contribution in [0, 0.1) is 0 Å². The fraction of sp³-hybridized carbons (Fsp3) is 0.615. The van der Waals surface area contributed by atoms with Crippen LogP contribution in [0.2, 0.25) is 0 Å². The Balaban J connectivity index is -0.000000177. The van der Waals surface area contributed by atoms with Gasteiger partial charge in [0, 0.05) is 5.57 Å². The molecular weight excluding hydrogens is 188 g/mol. The van der Waals surface area contributed by atoms with Gasteiger partial charge < -0.3 is 4.74 Å². The first-order valence-electron chi connectivity index (χ1n) is 5.42. The Bertz CT molecular complexity index is 181. The van der Waals surface area contributed by atoms with E-state index in [0.29, 0.717) is 12.2 Å². The zero-order chi connectivity index (χ0) is 12.9. The molecule has 0 aromatic heterocycles. The lowest BCUT2D eigenvalue weighted by atomic mass is 10.3. The number of rotatable bonds is 3. The molecule has 0 saturated heterocycles. The van der Waals surface area contributed by atoms with Crippen LogP contribution in [0.3, 0.4) is 0 Å². The summed E-state index contributed by atoms with van der Waals surface area (Å²) < 4.78 is 4.56. The number of carbonyl (C=O) groups is 1. The van der Waals surface area contributed by atoms with E-state index in [4.69, 9.17) is 0 Å². The normalized spacial score (nSPS) is 7.33. The maximum atomic E-state index is 10.4. The van der Waals surface area contributed by atoms with Crippen LogP contribution >= 0.6 is 0 Å². The summed E-state index contributed by atoms with van der Waals surface area (Å²) in [5.74, 6) is -0.312. The van der Waals surface area contributed by atoms with Gasteiger partial charge in [0.05, 0.1) is 6.61 Å². The van der Waals surface area contributed by atoms with Gasteiger partial charge >= 0.3 is 5.97 Å². The van der Waals surface area contributed by atoms with E-state index in [9.17, 15) is 4.79 Å². The van der Waals surface area contributed by atoms with Crippen molar-refractivity contribution in [1.82, 2.24) is 0 Å². The lowest BCUT2D eigenvalue weighted by molar-refractivity contribution is -0.138. The number of allylic oxidation sites excluding steroid dienone is 1. The second-order valence-electron chi connectivity index (χ2n) is 2.81. The summed E-state index contributed by atoms with van der Waals surface area (Å²) in [6.45, 7) is 19.0. The third kappa shape index (κ3) is 24.6. The van der Waals surface area contributed by atoms with Gasteiger partial charge in [-0.3, -0.25) is 0 Å². The zero-order valence-corrected chi connectivity index (χ0v) is 11.1. The summed E-state index contributed by atoms with van der Waals surface area (Å²) >= 11 is 0. The summed E-state index contributed by atoms with van der Waals surface area (Å²) in [6.07, 6.45) is 1.11. The molecule has 0 heterocycles. The number of hydrogen-bond acceptors (Lipinski definition) is 2. The van der Waals surface area contributed by atoms with Gasteiger partial charge in [0.15, 0.2) is 0 Å². The number of hydrogen-bond donors (Lipinski definition) is 0. The van der Waals surface area contributed by atoms with E-state index >= 15 is 0 Å². The highest BCUT2D eigenvalue weighted by Gasteiger charge is 1.98. The lowest BCUT2D eigenvalue weighted by Gasteiger charge is -1.96. The summed E-state index contributed by atoms with van der Waals surface area (Å²) in [7, 11) is 0. The molecule has 0 bridgehead atoms. The fourth-order valence-electron chi connectivity index (χ4n) is 0.254. The van der Waals surface area contributed by atoms with Gasteiger partial charge in [0.25, 0.3) is 0 Å². The van der Waals surface area contributed by atoms with Gasteiger partial charge in [0.2, 0.25) is 0 Å². The highest BCUT2D eigenvalue weighted by molar-refractivity contribution is 5.86. The van der Waals surface area contributed by atoms with Gasteiger partial charge in [-0.2, -0.15) is 0 Å². The lowest BCUT2D eigenvalue weighted by Crippen LogP contribution is -2.03. The minimum atomic E-state index is -0.312. The Kier molecular flexibility index (Phi) is 20.1. The maximum Gasteiger partial charge on any atom is 0.333 e. The molecule has 0 aliphatic rings. The van der Waals surface area contributed by atoms with Gasteiger partial charge in [-0.15, -0.1) is 6.58 Å². The molecule has 0 aromatic carbocycles. The van der Waals surface area contributed by atoms with Crippen molar-refractivity contribution in [2.75, 3.05) is 6.61 Å². The predicted octanol–water partition coefficient (Wildman–Crippen LogP) is 4.12. The van der Waals surface area contributed by atoms with Crippen molar-refractivity contribution in [3.8, 4) is 0 Å². The number of carbonyl (C=O) groups excluding carboxylic acids is 1. The van der Waals surface area contributed by atoms with Crippen LogP contribution in [0.5, 0.6) is 0 Å². The van der Waals surface area contributed by atoms with E-state index in [1.165, 1.54) is 5.57 Å². The van der Waals surface area contributed by atoms with Crippen molar-refractivity contribution in [3.05, 3.63) is 24.3 Å². The van der Waals surface area contributed by atoms with E-state index in [0.717, 1.165) is 6.42 Å². The first-order valence-corrected chi connectivity index (χ1v) is 5.42. The second-order valence-corrected chi connectivity index (χ2v) is 2.81. The smallest absolute Gasteiger partial charge is 0.333 e. The third-order valence-electron chi connectivity index (χ3n) is 1.23. The number of ether oxygens (including phenoxy) is 1. The first-order chi connectivity index (χ1) is 6.95. The number of esters is 1. The van der Waals surface area contributed by atoms with Crippen molar-refractivity contribution in [3.63, 3.8) is 0 Å². The molecule has 0 spiro atoms. The molecule has 2 heteroatoms. The molecule has 0 amide bonds. The largest absolute Gasteiger partial charge is 0.463 e.